The molecule has 0 saturated carbocycles. The lowest BCUT2D eigenvalue weighted by atomic mass is 10.1. The Morgan fingerprint density at radius 3 is 2.47 bits per heavy atom. The van der Waals surface area contributed by atoms with Gasteiger partial charge in [-0.25, -0.2) is 5.43 Å². The summed E-state index contributed by atoms with van der Waals surface area (Å²) in [5.41, 5.74) is 3.90. The Bertz CT molecular complexity index is 881. The molecule has 0 saturated heterocycles. The molecule has 8 nitrogen and oxygen atoms in total. The second kappa shape index (κ2) is 11.5. The van der Waals surface area contributed by atoms with Crippen LogP contribution in [-0.4, -0.2) is 44.9 Å². The van der Waals surface area contributed by atoms with Gasteiger partial charge in [0.25, 0.3) is 5.91 Å². The third kappa shape index (κ3) is 6.51. The van der Waals surface area contributed by atoms with Gasteiger partial charge in [0.15, 0.2) is 11.5 Å². The third-order valence-electron chi connectivity index (χ3n) is 4.19. The van der Waals surface area contributed by atoms with Gasteiger partial charge >= 0.3 is 0 Å². The molecule has 0 fully saturated rings. The monoisotopic (exact) mass is 413 g/mol. The van der Waals surface area contributed by atoms with Gasteiger partial charge in [0.1, 0.15) is 11.8 Å². The highest BCUT2D eigenvalue weighted by Gasteiger charge is 2.15. The van der Waals surface area contributed by atoms with E-state index in [4.69, 9.17) is 14.2 Å². The molecule has 2 rings (SSSR count). The Labute approximate surface area is 176 Å². The fourth-order valence-corrected chi connectivity index (χ4v) is 2.64. The van der Waals surface area contributed by atoms with E-state index in [9.17, 15) is 9.59 Å². The first-order valence-electron chi connectivity index (χ1n) is 9.53. The fraction of sp³-hybridized carbons (Fsp3) is 0.318. The molecule has 8 heteroatoms. The summed E-state index contributed by atoms with van der Waals surface area (Å²) < 4.78 is 16.0. The molecule has 0 bridgehead atoms. The van der Waals surface area contributed by atoms with Gasteiger partial charge in [0, 0.05) is 5.56 Å². The number of amides is 2. The van der Waals surface area contributed by atoms with E-state index >= 15 is 0 Å². The van der Waals surface area contributed by atoms with Crippen LogP contribution in [-0.2, 0) is 16.0 Å². The average Bonchev–Trinajstić information content (AvgIpc) is 2.75. The molecule has 0 radical (unpaired) electrons. The van der Waals surface area contributed by atoms with Crippen LogP contribution >= 0.6 is 0 Å². The zero-order valence-electron chi connectivity index (χ0n) is 17.6. The van der Waals surface area contributed by atoms with E-state index in [1.54, 1.807) is 63.6 Å². The first kappa shape index (κ1) is 22.7. The number of hydrogen-bond donors (Lipinski definition) is 2. The van der Waals surface area contributed by atoms with Crippen LogP contribution in [0.25, 0.3) is 0 Å². The van der Waals surface area contributed by atoms with Crippen molar-refractivity contribution in [1.82, 2.24) is 10.7 Å². The minimum absolute atomic E-state index is 0.159. The van der Waals surface area contributed by atoms with Crippen molar-refractivity contribution in [3.05, 3.63) is 53.6 Å². The lowest BCUT2D eigenvalue weighted by Gasteiger charge is -2.13. The number of para-hydroxylation sites is 1. The van der Waals surface area contributed by atoms with E-state index in [1.165, 1.54) is 6.21 Å². The largest absolute Gasteiger partial charge is 0.497 e. The van der Waals surface area contributed by atoms with Crippen LogP contribution in [0.3, 0.4) is 0 Å². The fourth-order valence-electron chi connectivity index (χ4n) is 2.64. The smallest absolute Gasteiger partial charge is 0.262 e. The standard InChI is InChI=1S/C22H27N3O5/c1-5-30-21-17(7-6-8-19(21)29-4)14-23-25-22(27)15(2)24-20(26)13-16-9-11-18(28-3)12-10-16/h6-12,14-15H,5,13H2,1-4H3,(H,24,26)(H,25,27). The van der Waals surface area contributed by atoms with Crippen LogP contribution in [0, 0.1) is 0 Å². The topological polar surface area (TPSA) is 98.2 Å². The van der Waals surface area contributed by atoms with Gasteiger partial charge in [-0.1, -0.05) is 18.2 Å². The Morgan fingerprint density at radius 1 is 1.10 bits per heavy atom. The SMILES string of the molecule is CCOc1c(C=NNC(=O)C(C)NC(=O)Cc2ccc(OC)cc2)cccc1OC. The van der Waals surface area contributed by atoms with Crippen molar-refractivity contribution in [1.29, 1.82) is 0 Å². The summed E-state index contributed by atoms with van der Waals surface area (Å²) in [5.74, 6) is 1.13. The number of carbonyl (C=O) groups is 2. The highest BCUT2D eigenvalue weighted by atomic mass is 16.5. The first-order chi connectivity index (χ1) is 14.5. The van der Waals surface area contributed by atoms with E-state index in [1.807, 2.05) is 6.92 Å². The van der Waals surface area contributed by atoms with Crippen molar-refractivity contribution in [3.63, 3.8) is 0 Å². The molecule has 2 amide bonds. The number of nitrogens with zero attached hydrogens (tertiary/aromatic N) is 1. The maximum absolute atomic E-state index is 12.2. The molecule has 160 valence electrons. The Kier molecular flexibility index (Phi) is 8.68. The molecule has 0 aromatic heterocycles. The van der Waals surface area contributed by atoms with Crippen LogP contribution in [0.5, 0.6) is 17.2 Å². The van der Waals surface area contributed by atoms with Crippen LogP contribution in [0.2, 0.25) is 0 Å². The van der Waals surface area contributed by atoms with Crippen LogP contribution < -0.4 is 25.0 Å². The summed E-state index contributed by atoms with van der Waals surface area (Å²) in [6, 6.07) is 11.8. The van der Waals surface area contributed by atoms with Crippen molar-refractivity contribution >= 4 is 18.0 Å². The second-order valence-electron chi connectivity index (χ2n) is 6.36. The number of methoxy groups -OCH3 is 2. The molecular formula is C22H27N3O5. The van der Waals surface area contributed by atoms with Crippen molar-refractivity contribution in [2.45, 2.75) is 26.3 Å². The molecular weight excluding hydrogens is 386 g/mol. The van der Waals surface area contributed by atoms with Gasteiger partial charge < -0.3 is 19.5 Å². The van der Waals surface area contributed by atoms with Crippen molar-refractivity contribution in [2.24, 2.45) is 5.10 Å². The number of benzene rings is 2. The van der Waals surface area contributed by atoms with Gasteiger partial charge in [-0.05, 0) is 43.7 Å². The van der Waals surface area contributed by atoms with Crippen LogP contribution in [0.1, 0.15) is 25.0 Å². The van der Waals surface area contributed by atoms with Crippen molar-refractivity contribution in [2.75, 3.05) is 20.8 Å². The normalized spacial score (nSPS) is 11.6. The van der Waals surface area contributed by atoms with Crippen molar-refractivity contribution in [3.8, 4) is 17.2 Å². The molecule has 0 aliphatic heterocycles. The summed E-state index contributed by atoms with van der Waals surface area (Å²) in [6.45, 7) is 3.92. The molecule has 1 unspecified atom stereocenters. The molecule has 0 aliphatic carbocycles. The predicted molar refractivity (Wildman–Crippen MR) is 114 cm³/mol. The lowest BCUT2D eigenvalue weighted by Crippen LogP contribution is -2.43. The summed E-state index contributed by atoms with van der Waals surface area (Å²) >= 11 is 0. The van der Waals surface area contributed by atoms with Gasteiger partial charge in [0.05, 0.1) is 33.5 Å². The number of carbonyl (C=O) groups excluding carboxylic acids is 2. The molecule has 0 aliphatic rings. The Morgan fingerprint density at radius 2 is 1.83 bits per heavy atom. The highest BCUT2D eigenvalue weighted by molar-refractivity contribution is 5.90. The highest BCUT2D eigenvalue weighted by Crippen LogP contribution is 2.29. The second-order valence-corrected chi connectivity index (χ2v) is 6.36. The van der Waals surface area contributed by atoms with Gasteiger partial charge in [-0.15, -0.1) is 0 Å². The molecule has 1 atom stereocenters. The third-order valence-corrected chi connectivity index (χ3v) is 4.19. The lowest BCUT2D eigenvalue weighted by molar-refractivity contribution is -0.128. The van der Waals surface area contributed by atoms with Gasteiger partial charge in [-0.2, -0.15) is 5.10 Å². The summed E-state index contributed by atoms with van der Waals surface area (Å²) in [4.78, 5) is 24.4. The van der Waals surface area contributed by atoms with Gasteiger partial charge in [0.2, 0.25) is 5.91 Å². The molecule has 2 aromatic rings. The van der Waals surface area contributed by atoms with Crippen LogP contribution in [0.4, 0.5) is 0 Å². The van der Waals surface area contributed by atoms with E-state index < -0.39 is 11.9 Å². The molecule has 2 N–H and O–H groups in total. The minimum Gasteiger partial charge on any atom is -0.497 e. The van der Waals surface area contributed by atoms with E-state index in [2.05, 4.69) is 15.8 Å². The Hall–Kier alpha value is -3.55. The maximum atomic E-state index is 12.2. The number of nitrogens with one attached hydrogen (secondary N) is 2. The number of rotatable bonds is 10. The summed E-state index contributed by atoms with van der Waals surface area (Å²) in [6.07, 6.45) is 1.63. The zero-order valence-corrected chi connectivity index (χ0v) is 17.6. The van der Waals surface area contributed by atoms with Crippen LogP contribution in [0.15, 0.2) is 47.6 Å². The first-order valence-corrected chi connectivity index (χ1v) is 9.53. The molecule has 30 heavy (non-hydrogen) atoms. The van der Waals surface area contributed by atoms with E-state index in [-0.39, 0.29) is 12.3 Å². The molecule has 0 heterocycles. The molecule has 2 aromatic carbocycles. The average molecular weight is 413 g/mol. The minimum atomic E-state index is -0.746. The predicted octanol–water partition coefficient (Wildman–Crippen LogP) is 2.30. The van der Waals surface area contributed by atoms with E-state index in [0.717, 1.165) is 5.56 Å². The number of hydrogen-bond acceptors (Lipinski definition) is 6. The summed E-state index contributed by atoms with van der Waals surface area (Å²) in [7, 11) is 3.13. The van der Waals surface area contributed by atoms with Crippen molar-refractivity contribution < 1.29 is 23.8 Å². The Balaban J connectivity index is 1.90. The van der Waals surface area contributed by atoms with Gasteiger partial charge in [-0.3, -0.25) is 9.59 Å². The molecule has 0 spiro atoms. The summed E-state index contributed by atoms with van der Waals surface area (Å²) in [5, 5.41) is 6.62. The number of ether oxygens (including phenoxy) is 3. The quantitative estimate of drug-likeness (QED) is 0.460. The number of hydrazone groups is 1. The zero-order chi connectivity index (χ0) is 21.9. The maximum Gasteiger partial charge on any atom is 0.262 e. The van der Waals surface area contributed by atoms with E-state index in [0.29, 0.717) is 29.4 Å².